The van der Waals surface area contributed by atoms with E-state index >= 15 is 9.59 Å². The molecule has 0 saturated carbocycles. The molecule has 0 aromatic carbocycles. The zero-order chi connectivity index (χ0) is 72.2. The molecular weight excluding hydrogens is 1200 g/mol. The molecule has 26 nitrogen and oxygen atoms in total. The molecule has 0 spiro atoms. The second-order valence-corrected chi connectivity index (χ2v) is 28.9. The quantitative estimate of drug-likeness (QED) is 0.0930. The van der Waals surface area contributed by atoms with Gasteiger partial charge in [0.2, 0.25) is 59.1 Å². The van der Waals surface area contributed by atoms with Crippen molar-refractivity contribution in [2.75, 3.05) is 48.8 Å². The molecule has 26 heteroatoms. The monoisotopic (exact) mass is 1320 g/mol. The third kappa shape index (κ3) is 26.1. The molecule has 93 heavy (non-hydrogen) atoms. The fourth-order valence-electron chi connectivity index (χ4n) is 11.1. The first-order valence-electron chi connectivity index (χ1n) is 33.0. The summed E-state index contributed by atoms with van der Waals surface area (Å²) in [6, 6.07) is -13.5. The van der Waals surface area contributed by atoms with Crippen LogP contribution in [0.1, 0.15) is 177 Å². The number of cyclic esters (lactones) is 1. The molecule has 1 rings (SSSR count). The minimum atomic E-state index is -1.82. The molecular formula is C67H119N11O15. The highest BCUT2D eigenvalue weighted by Gasteiger charge is 2.46. The summed E-state index contributed by atoms with van der Waals surface area (Å²) < 4.78 is 11.6. The number of hydrogen-bond acceptors (Lipinski definition) is 15. The summed E-state index contributed by atoms with van der Waals surface area (Å²) in [5.74, 6) is -10.9. The summed E-state index contributed by atoms with van der Waals surface area (Å²) in [6.45, 7) is 33.3. The lowest BCUT2D eigenvalue weighted by atomic mass is 9.92. The fraction of sp³-hybridized carbons (Fsp3) is 0.791. The standard InChI is InChI=1S/C67H119N11O15/c1-27-28-29-42(14)55(80)54-65(90)92-45(17)52(72-66(91)93-67(18,19)20)63(88)73(21)35-51(79)74(22)48(32-38(6)7)58(83)70-46(30-36(2)3)61(86)76(24)49(33-39(8)9)57(82)68-43(15)56(81)69-44(16)60(85)75(23)50(34-40(10)11)59(84)71-47(31-37(4)5)62(87)77(25)53(41(12)13)64(89)78(54)26/h27-28,36-50,52-55,80H,29-35H2,1-26H3,(H,68,82)(H,69,81)(H,70,83)(H,71,84)(H,72,91)/b28-27+/t42-,43+,44-,45+,46+,47+,48+,49+,50+,52+,53+,54+,55-/m1/s1. The van der Waals surface area contributed by atoms with Crippen LogP contribution in [0.4, 0.5) is 4.79 Å². The van der Waals surface area contributed by atoms with Gasteiger partial charge in [0.1, 0.15) is 66.1 Å². The first-order valence-corrected chi connectivity index (χ1v) is 33.0. The molecule has 1 fully saturated rings. The Morgan fingerprint density at radius 2 is 0.946 bits per heavy atom. The van der Waals surface area contributed by atoms with E-state index in [1.165, 1.54) is 77.8 Å². The highest BCUT2D eigenvalue weighted by Crippen LogP contribution is 2.25. The van der Waals surface area contributed by atoms with E-state index in [1.807, 2.05) is 69.2 Å². The second-order valence-electron chi connectivity index (χ2n) is 28.9. The number of rotatable bonds is 16. The molecule has 532 valence electrons. The van der Waals surface area contributed by atoms with Crippen molar-refractivity contribution in [1.82, 2.24) is 56.0 Å². The van der Waals surface area contributed by atoms with E-state index in [2.05, 4.69) is 26.6 Å². The molecule has 1 aliphatic heterocycles. The topological polar surface area (TPSA) is 323 Å². The molecule has 0 aliphatic carbocycles. The Labute approximate surface area is 554 Å². The van der Waals surface area contributed by atoms with Crippen LogP contribution in [0.25, 0.3) is 0 Å². The zero-order valence-electron chi connectivity index (χ0n) is 60.9. The van der Waals surface area contributed by atoms with E-state index in [-0.39, 0.29) is 68.1 Å². The van der Waals surface area contributed by atoms with Crippen molar-refractivity contribution in [3.8, 4) is 0 Å². The zero-order valence-corrected chi connectivity index (χ0v) is 60.9. The molecule has 11 amide bonds. The molecule has 0 aromatic rings. The number of aliphatic hydroxyl groups is 1. The van der Waals surface area contributed by atoms with Gasteiger partial charge in [-0.25, -0.2) is 9.59 Å². The largest absolute Gasteiger partial charge is 0.458 e. The van der Waals surface area contributed by atoms with E-state index in [4.69, 9.17) is 9.47 Å². The highest BCUT2D eigenvalue weighted by molar-refractivity contribution is 5.99. The normalized spacial score (nSPS) is 26.5. The van der Waals surface area contributed by atoms with Gasteiger partial charge in [0.25, 0.3) is 0 Å². The van der Waals surface area contributed by atoms with Gasteiger partial charge in [-0.15, -0.1) is 0 Å². The summed E-state index contributed by atoms with van der Waals surface area (Å²) in [6.07, 6.45) is -0.107. The maximum atomic E-state index is 15.2. The Balaban J connectivity index is 4.46. The number of allylic oxidation sites excluding steroid dienone is 2. The summed E-state index contributed by atoms with van der Waals surface area (Å²) in [7, 11) is 8.09. The van der Waals surface area contributed by atoms with Gasteiger partial charge in [-0.3, -0.25) is 47.9 Å². The number of alkyl carbamates (subject to hydrolysis) is 1. The fourth-order valence-corrected chi connectivity index (χ4v) is 11.1. The van der Waals surface area contributed by atoms with Gasteiger partial charge in [-0.1, -0.05) is 102 Å². The van der Waals surface area contributed by atoms with Crippen LogP contribution in [-0.4, -0.2) is 233 Å². The third-order valence-electron chi connectivity index (χ3n) is 16.4. The van der Waals surface area contributed by atoms with Crippen molar-refractivity contribution in [1.29, 1.82) is 0 Å². The van der Waals surface area contributed by atoms with Crippen LogP contribution in [0.15, 0.2) is 12.2 Å². The van der Waals surface area contributed by atoms with Gasteiger partial charge >= 0.3 is 12.1 Å². The van der Waals surface area contributed by atoms with Crippen LogP contribution in [0.3, 0.4) is 0 Å². The van der Waals surface area contributed by atoms with Crippen LogP contribution in [-0.2, 0) is 62.2 Å². The van der Waals surface area contributed by atoms with Gasteiger partial charge in [0.05, 0.1) is 12.6 Å². The molecule has 1 saturated heterocycles. The number of ether oxygens (including phenoxy) is 2. The molecule has 6 N–H and O–H groups in total. The predicted octanol–water partition coefficient (Wildman–Crippen LogP) is 4.25. The second kappa shape index (κ2) is 37.9. The number of carbonyl (C=O) groups excluding carboxylic acids is 12. The van der Waals surface area contributed by atoms with E-state index in [9.17, 15) is 53.1 Å². The Hall–Kier alpha value is -6.86. The Morgan fingerprint density at radius 3 is 1.37 bits per heavy atom. The number of esters is 1. The highest BCUT2D eigenvalue weighted by atomic mass is 16.6. The van der Waals surface area contributed by atoms with Crippen molar-refractivity contribution < 1.29 is 72.1 Å². The van der Waals surface area contributed by atoms with E-state index < -0.39 is 168 Å². The summed E-state index contributed by atoms with van der Waals surface area (Å²) in [5, 5.41) is 25.7. The van der Waals surface area contributed by atoms with E-state index in [0.29, 0.717) is 0 Å². The predicted molar refractivity (Wildman–Crippen MR) is 355 cm³/mol. The van der Waals surface area contributed by atoms with E-state index in [0.717, 1.165) is 14.7 Å². The molecule has 13 atom stereocenters. The van der Waals surface area contributed by atoms with Gasteiger partial charge in [0, 0.05) is 42.3 Å². The van der Waals surface area contributed by atoms with Crippen molar-refractivity contribution in [3.05, 3.63) is 12.2 Å². The first-order chi connectivity index (χ1) is 42.7. The Kier molecular flexibility index (Phi) is 34.3. The third-order valence-corrected chi connectivity index (χ3v) is 16.4. The lowest BCUT2D eigenvalue weighted by Gasteiger charge is -2.40. The van der Waals surface area contributed by atoms with Crippen molar-refractivity contribution in [3.63, 3.8) is 0 Å². The summed E-state index contributed by atoms with van der Waals surface area (Å²) >= 11 is 0. The van der Waals surface area contributed by atoms with E-state index in [1.54, 1.807) is 60.6 Å². The van der Waals surface area contributed by atoms with Crippen molar-refractivity contribution >= 4 is 71.1 Å². The average Bonchev–Trinajstić information content (AvgIpc) is 0.820. The molecule has 0 radical (unpaired) electrons. The number of aliphatic hydroxyl groups excluding tert-OH is 1. The van der Waals surface area contributed by atoms with Crippen LogP contribution in [0.2, 0.25) is 0 Å². The molecule has 1 heterocycles. The number of hydrogen-bond donors (Lipinski definition) is 6. The van der Waals surface area contributed by atoms with Gasteiger partial charge < -0.3 is 70.6 Å². The summed E-state index contributed by atoms with van der Waals surface area (Å²) in [5.41, 5.74) is -1.09. The number of nitrogens with one attached hydrogen (secondary N) is 5. The van der Waals surface area contributed by atoms with Crippen LogP contribution < -0.4 is 26.6 Å². The van der Waals surface area contributed by atoms with Crippen LogP contribution in [0, 0.1) is 41.4 Å². The Morgan fingerprint density at radius 1 is 0.548 bits per heavy atom. The number of likely N-dealkylation sites (N-methyl/N-ethyl adjacent to an activating group) is 6. The molecule has 0 bridgehead atoms. The lowest BCUT2D eigenvalue weighted by molar-refractivity contribution is -0.169. The maximum absolute atomic E-state index is 15.2. The van der Waals surface area contributed by atoms with Gasteiger partial charge in [-0.05, 0) is 128 Å². The van der Waals surface area contributed by atoms with Crippen molar-refractivity contribution in [2.45, 2.75) is 255 Å². The van der Waals surface area contributed by atoms with Crippen LogP contribution >= 0.6 is 0 Å². The van der Waals surface area contributed by atoms with Crippen LogP contribution in [0.5, 0.6) is 0 Å². The number of amides is 11. The van der Waals surface area contributed by atoms with Gasteiger partial charge in [0.15, 0.2) is 6.04 Å². The van der Waals surface area contributed by atoms with Crippen molar-refractivity contribution in [2.24, 2.45) is 41.4 Å². The average molecular weight is 1320 g/mol. The Bertz CT molecular complexity index is 2590. The lowest BCUT2D eigenvalue weighted by Crippen LogP contribution is -2.62. The number of carbonyl (C=O) groups is 12. The maximum Gasteiger partial charge on any atom is 0.408 e. The molecule has 1 aliphatic rings. The smallest absolute Gasteiger partial charge is 0.408 e. The number of nitrogens with zero attached hydrogens (tertiary/aromatic N) is 6. The minimum absolute atomic E-state index is 0.0763. The molecule has 0 aromatic heterocycles. The van der Waals surface area contributed by atoms with Gasteiger partial charge in [-0.2, -0.15) is 0 Å². The summed E-state index contributed by atoms with van der Waals surface area (Å²) in [4.78, 5) is 181. The SMILES string of the molecule is C/C=C/C[C@@H](C)[C@@H](O)[C@H]1C(=O)O[C@@H](C)[C@H](NC(=O)OC(C)(C)C)C(=O)N(C)CC(=O)N(C)[C@@H](CC(C)C)C(=O)N[C@@H](CC(C)C)C(=O)N(C)[C@@H](CC(C)C)C(=O)N[C@@H](C)C(=O)N[C@H](C)C(=O)N(C)[C@@H](CC(C)C)C(=O)N[C@@H](CC(C)C)C(=O)N(C)[C@@H](C(C)C)C(=O)N1C. The first kappa shape index (κ1) is 84.2. The minimum Gasteiger partial charge on any atom is -0.458 e. The molecule has 0 unspecified atom stereocenters.